The molecule has 0 aliphatic rings. The molecule has 3 aromatic rings. The fraction of sp³-hybridized carbons (Fsp3) is 0.158. The van der Waals surface area contributed by atoms with E-state index in [-0.39, 0.29) is 23.5 Å². The maximum atomic E-state index is 13.2. The van der Waals surface area contributed by atoms with Crippen LogP contribution in [0.4, 0.5) is 13.9 Å². The van der Waals surface area contributed by atoms with E-state index >= 15 is 0 Å². The molecule has 0 aliphatic carbocycles. The Hall–Kier alpha value is -2.80. The minimum absolute atomic E-state index is 0.169. The van der Waals surface area contributed by atoms with Crippen molar-refractivity contribution in [3.63, 3.8) is 0 Å². The lowest BCUT2D eigenvalue weighted by Crippen LogP contribution is -2.17. The number of thiazole rings is 1. The summed E-state index contributed by atoms with van der Waals surface area (Å²) in [6.07, 6.45) is 0. The van der Waals surface area contributed by atoms with Crippen LogP contribution >= 0.6 is 11.3 Å². The van der Waals surface area contributed by atoms with Crippen molar-refractivity contribution in [1.82, 2.24) is 4.98 Å². The number of carbonyl (C=O) groups excluding carboxylic acids is 1. The van der Waals surface area contributed by atoms with Gasteiger partial charge in [0.2, 0.25) is 11.0 Å². The highest BCUT2D eigenvalue weighted by molar-refractivity contribution is 7.18. The highest BCUT2D eigenvalue weighted by Crippen LogP contribution is 2.40. The molecule has 1 N–H and O–H groups in total. The number of halogens is 2. The van der Waals surface area contributed by atoms with Gasteiger partial charge in [0.05, 0.1) is 0 Å². The van der Waals surface area contributed by atoms with E-state index in [9.17, 15) is 13.6 Å². The largest absolute Gasteiger partial charge is 0.444 e. The van der Waals surface area contributed by atoms with Gasteiger partial charge in [-0.2, -0.15) is 0 Å². The lowest BCUT2D eigenvalue weighted by molar-refractivity contribution is -0.118. The van der Waals surface area contributed by atoms with Crippen molar-refractivity contribution in [3.05, 3.63) is 60.2 Å². The van der Waals surface area contributed by atoms with Crippen molar-refractivity contribution >= 4 is 22.4 Å². The molecule has 134 valence electrons. The fourth-order valence-corrected chi connectivity index (χ4v) is 2.94. The maximum Gasteiger partial charge on any atom is 0.228 e. The summed E-state index contributed by atoms with van der Waals surface area (Å²) >= 11 is 1.15. The van der Waals surface area contributed by atoms with Crippen LogP contribution in [0.25, 0.3) is 11.3 Å². The number of aromatic nitrogens is 1. The standard InChI is InChI=1S/C19H16F2N2O2S/c1-11(2)17(24)23-19-22-16(12-3-5-13(20)6-4-12)18(26-19)25-15-9-7-14(21)8-10-15/h3-11H,1-2H3,(H,22,23,24). The Bertz CT molecular complexity index is 906. The van der Waals surface area contributed by atoms with Crippen LogP contribution in [-0.4, -0.2) is 10.9 Å². The number of anilines is 1. The van der Waals surface area contributed by atoms with Gasteiger partial charge in [-0.25, -0.2) is 13.8 Å². The second kappa shape index (κ2) is 7.61. The van der Waals surface area contributed by atoms with Crippen LogP contribution in [0.2, 0.25) is 0 Å². The number of benzene rings is 2. The number of nitrogens with zero attached hydrogens (tertiary/aromatic N) is 1. The van der Waals surface area contributed by atoms with Gasteiger partial charge in [0.25, 0.3) is 0 Å². The molecule has 0 fully saturated rings. The molecule has 1 heterocycles. The number of amides is 1. The Balaban J connectivity index is 1.96. The molecule has 3 rings (SSSR count). The molecule has 7 heteroatoms. The van der Waals surface area contributed by atoms with Crippen molar-refractivity contribution in [1.29, 1.82) is 0 Å². The molecule has 0 saturated heterocycles. The molecule has 26 heavy (non-hydrogen) atoms. The Labute approximate surface area is 153 Å². The van der Waals surface area contributed by atoms with Crippen LogP contribution in [0, 0.1) is 17.6 Å². The molecular weight excluding hydrogens is 358 g/mol. The van der Waals surface area contributed by atoms with Gasteiger partial charge in [-0.3, -0.25) is 4.79 Å². The molecule has 1 amide bonds. The van der Waals surface area contributed by atoms with Crippen LogP contribution in [0.3, 0.4) is 0 Å². The molecule has 4 nitrogen and oxygen atoms in total. The third-order valence-corrected chi connectivity index (χ3v) is 4.34. The molecule has 0 bridgehead atoms. The van der Waals surface area contributed by atoms with E-state index in [0.717, 1.165) is 11.3 Å². The lowest BCUT2D eigenvalue weighted by atomic mass is 10.2. The van der Waals surface area contributed by atoms with Gasteiger partial charge in [-0.1, -0.05) is 25.2 Å². The number of nitrogens with one attached hydrogen (secondary N) is 1. The second-order valence-electron chi connectivity index (χ2n) is 5.86. The summed E-state index contributed by atoms with van der Waals surface area (Å²) in [5, 5.41) is 3.53. The highest BCUT2D eigenvalue weighted by Gasteiger charge is 2.18. The van der Waals surface area contributed by atoms with Gasteiger partial charge >= 0.3 is 0 Å². The summed E-state index contributed by atoms with van der Waals surface area (Å²) in [4.78, 5) is 16.3. The fourth-order valence-electron chi connectivity index (χ4n) is 2.08. The van der Waals surface area contributed by atoms with Crippen molar-refractivity contribution in [2.75, 3.05) is 5.32 Å². The Kier molecular flexibility index (Phi) is 5.27. The number of hydrogen-bond donors (Lipinski definition) is 1. The Morgan fingerprint density at radius 3 is 2.19 bits per heavy atom. The normalized spacial score (nSPS) is 10.8. The van der Waals surface area contributed by atoms with E-state index in [1.165, 1.54) is 36.4 Å². The van der Waals surface area contributed by atoms with E-state index < -0.39 is 0 Å². The zero-order chi connectivity index (χ0) is 18.7. The maximum absolute atomic E-state index is 13.2. The van der Waals surface area contributed by atoms with E-state index in [0.29, 0.717) is 27.2 Å². The van der Waals surface area contributed by atoms with Crippen molar-refractivity contribution in [2.45, 2.75) is 13.8 Å². The molecule has 2 aromatic carbocycles. The average Bonchev–Trinajstić information content (AvgIpc) is 2.99. The zero-order valence-electron chi connectivity index (χ0n) is 14.1. The SMILES string of the molecule is CC(C)C(=O)Nc1nc(-c2ccc(F)cc2)c(Oc2ccc(F)cc2)s1. The third-order valence-electron chi connectivity index (χ3n) is 3.49. The molecule has 0 unspecified atom stereocenters. The molecule has 0 aliphatic heterocycles. The summed E-state index contributed by atoms with van der Waals surface area (Å²) in [5.41, 5.74) is 1.11. The van der Waals surface area contributed by atoms with E-state index in [2.05, 4.69) is 10.3 Å². The lowest BCUT2D eigenvalue weighted by Gasteiger charge is -2.05. The smallest absolute Gasteiger partial charge is 0.228 e. The first-order valence-electron chi connectivity index (χ1n) is 7.93. The molecule has 0 radical (unpaired) electrons. The monoisotopic (exact) mass is 374 g/mol. The average molecular weight is 374 g/mol. The van der Waals surface area contributed by atoms with Crippen molar-refractivity contribution in [3.8, 4) is 22.1 Å². The summed E-state index contributed by atoms with van der Waals surface area (Å²) in [6.45, 7) is 3.56. The Morgan fingerprint density at radius 1 is 1.04 bits per heavy atom. The van der Waals surface area contributed by atoms with Crippen LogP contribution in [0.1, 0.15) is 13.8 Å². The van der Waals surface area contributed by atoms with E-state index in [1.807, 2.05) is 0 Å². The van der Waals surface area contributed by atoms with Crippen molar-refractivity contribution in [2.24, 2.45) is 5.92 Å². The number of ether oxygens (including phenoxy) is 1. The van der Waals surface area contributed by atoms with Crippen LogP contribution in [-0.2, 0) is 4.79 Å². The van der Waals surface area contributed by atoms with Gasteiger partial charge in [0.15, 0.2) is 5.13 Å². The molecule has 0 atom stereocenters. The van der Waals surface area contributed by atoms with Crippen LogP contribution in [0.5, 0.6) is 10.8 Å². The third kappa shape index (κ3) is 4.23. The number of carbonyl (C=O) groups is 1. The predicted molar refractivity (Wildman–Crippen MR) is 97.4 cm³/mol. The molecule has 1 aromatic heterocycles. The zero-order valence-corrected chi connectivity index (χ0v) is 14.9. The molecular formula is C19H16F2N2O2S. The summed E-state index contributed by atoms with van der Waals surface area (Å²) < 4.78 is 32.1. The number of rotatable bonds is 5. The van der Waals surface area contributed by atoms with Gasteiger partial charge in [-0.15, -0.1) is 0 Å². The van der Waals surface area contributed by atoms with Gasteiger partial charge in [-0.05, 0) is 48.5 Å². The first-order chi connectivity index (χ1) is 12.4. The quantitative estimate of drug-likeness (QED) is 0.644. The van der Waals surface area contributed by atoms with Gasteiger partial charge in [0, 0.05) is 11.5 Å². The summed E-state index contributed by atoms with van der Waals surface area (Å²) in [7, 11) is 0. The first-order valence-corrected chi connectivity index (χ1v) is 8.75. The Morgan fingerprint density at radius 2 is 1.62 bits per heavy atom. The van der Waals surface area contributed by atoms with Gasteiger partial charge < -0.3 is 10.1 Å². The molecule has 0 spiro atoms. The second-order valence-corrected chi connectivity index (χ2v) is 6.82. The number of hydrogen-bond acceptors (Lipinski definition) is 4. The topological polar surface area (TPSA) is 51.2 Å². The predicted octanol–water partition coefficient (Wildman–Crippen LogP) is 5.48. The summed E-state index contributed by atoms with van der Waals surface area (Å²) in [5.74, 6) is -0.670. The van der Waals surface area contributed by atoms with Crippen molar-refractivity contribution < 1.29 is 18.3 Å². The minimum Gasteiger partial charge on any atom is -0.444 e. The van der Waals surface area contributed by atoms with Gasteiger partial charge in [0.1, 0.15) is 23.1 Å². The summed E-state index contributed by atoms with van der Waals surface area (Å²) in [6, 6.07) is 11.4. The van der Waals surface area contributed by atoms with Crippen LogP contribution in [0.15, 0.2) is 48.5 Å². The minimum atomic E-state index is -0.370. The van der Waals surface area contributed by atoms with E-state index in [4.69, 9.17) is 4.74 Å². The van der Waals surface area contributed by atoms with E-state index in [1.54, 1.807) is 26.0 Å². The first kappa shape index (κ1) is 18.0. The van der Waals surface area contributed by atoms with Crippen LogP contribution < -0.4 is 10.1 Å². The highest BCUT2D eigenvalue weighted by atomic mass is 32.1. The molecule has 0 saturated carbocycles.